The number of thiophene rings is 1. The summed E-state index contributed by atoms with van der Waals surface area (Å²) in [5.74, 6) is 1.51. The van der Waals surface area contributed by atoms with Gasteiger partial charge in [-0.05, 0) is 74.3 Å². The molecule has 8 nitrogen and oxygen atoms in total. The zero-order valence-electron chi connectivity index (χ0n) is 25.4. The van der Waals surface area contributed by atoms with Crippen LogP contribution in [0.25, 0.3) is 10.6 Å². The molecule has 1 atom stereocenters. The van der Waals surface area contributed by atoms with Crippen LogP contribution in [0.2, 0.25) is 0 Å². The van der Waals surface area contributed by atoms with Gasteiger partial charge in [0.25, 0.3) is 5.91 Å². The SMILES string of the molecule is COc1cccc(N2CCN(C(=O)c3ccc4c(c3)C(NSc3ccc(-c5cc(C(F)(F)F)n(C)n5)s3)CC(C)(C)O4)CC2)c1. The molecule has 13 heteroatoms. The van der Waals surface area contributed by atoms with Crippen molar-refractivity contribution in [2.24, 2.45) is 7.05 Å². The number of carbonyl (C=O) groups excluding carboxylic acids is 1. The molecule has 1 amide bonds. The summed E-state index contributed by atoms with van der Waals surface area (Å²) >= 11 is 2.78. The fourth-order valence-corrected chi connectivity index (χ4v) is 7.62. The number of anilines is 1. The monoisotopic (exact) mass is 657 g/mol. The fourth-order valence-electron chi connectivity index (χ4n) is 5.75. The first-order valence-corrected chi connectivity index (χ1v) is 16.2. The highest BCUT2D eigenvalue weighted by molar-refractivity contribution is 7.99. The number of piperazine rings is 1. The van der Waals surface area contributed by atoms with Crippen molar-refractivity contribution < 1.29 is 27.4 Å². The molecule has 1 fully saturated rings. The third kappa shape index (κ3) is 6.80. The minimum absolute atomic E-state index is 0.0178. The van der Waals surface area contributed by atoms with Crippen molar-refractivity contribution in [3.63, 3.8) is 0 Å². The maximum atomic E-state index is 13.6. The van der Waals surface area contributed by atoms with Gasteiger partial charge in [-0.15, -0.1) is 11.3 Å². The quantitative estimate of drug-likeness (QED) is 0.214. The van der Waals surface area contributed by atoms with E-state index in [4.69, 9.17) is 9.47 Å². The highest BCUT2D eigenvalue weighted by Gasteiger charge is 2.36. The van der Waals surface area contributed by atoms with Crippen molar-refractivity contribution in [3.8, 4) is 22.1 Å². The van der Waals surface area contributed by atoms with Crippen LogP contribution in [0.3, 0.4) is 0 Å². The van der Waals surface area contributed by atoms with E-state index < -0.39 is 17.5 Å². The summed E-state index contributed by atoms with van der Waals surface area (Å²) < 4.78 is 56.7. The van der Waals surface area contributed by atoms with E-state index in [-0.39, 0.29) is 17.6 Å². The molecule has 6 rings (SSSR count). The van der Waals surface area contributed by atoms with Crippen LogP contribution < -0.4 is 19.1 Å². The summed E-state index contributed by atoms with van der Waals surface area (Å²) in [5, 5.41) is 4.07. The third-order valence-electron chi connectivity index (χ3n) is 8.01. The van der Waals surface area contributed by atoms with Crippen LogP contribution in [-0.2, 0) is 13.2 Å². The van der Waals surface area contributed by atoms with Gasteiger partial charge in [0.15, 0.2) is 0 Å². The van der Waals surface area contributed by atoms with Crippen molar-refractivity contribution in [3.05, 3.63) is 77.5 Å². The Hall–Kier alpha value is -3.68. The summed E-state index contributed by atoms with van der Waals surface area (Å²) in [6.07, 6.45) is -3.80. The first kappa shape index (κ1) is 31.3. The standard InChI is InChI=1S/C32H34F3N5O3S2/c1-31(2)19-25(37-45-29-11-10-27(44-29)24-18-28(32(33,34)35)38(3)36-24)23-16-20(8-9-26(23)43-31)30(41)40-14-12-39(13-15-40)21-6-5-7-22(17-21)42-4/h5-11,16-18,25,37H,12-15,19H2,1-4H3. The number of methoxy groups -OCH3 is 1. The Kier molecular flexibility index (Phi) is 8.53. The number of nitrogens with one attached hydrogen (secondary N) is 1. The van der Waals surface area contributed by atoms with Gasteiger partial charge in [0.1, 0.15) is 28.5 Å². The molecule has 0 saturated carbocycles. The molecule has 2 aromatic carbocycles. The molecule has 0 radical (unpaired) electrons. The largest absolute Gasteiger partial charge is 0.497 e. The van der Waals surface area contributed by atoms with E-state index in [9.17, 15) is 18.0 Å². The summed E-state index contributed by atoms with van der Waals surface area (Å²) in [6.45, 7) is 6.71. The number of rotatable bonds is 7. The lowest BCUT2D eigenvalue weighted by molar-refractivity contribution is -0.143. The van der Waals surface area contributed by atoms with Crippen LogP contribution in [-0.4, -0.2) is 59.5 Å². The van der Waals surface area contributed by atoms with Gasteiger partial charge in [-0.2, -0.15) is 18.3 Å². The lowest BCUT2D eigenvalue weighted by atomic mass is 9.89. The van der Waals surface area contributed by atoms with Crippen LogP contribution in [0.5, 0.6) is 11.5 Å². The molecule has 0 spiro atoms. The van der Waals surface area contributed by atoms with Crippen molar-refractivity contribution in [2.45, 2.75) is 42.3 Å². The van der Waals surface area contributed by atoms with Gasteiger partial charge >= 0.3 is 6.18 Å². The molecule has 1 saturated heterocycles. The van der Waals surface area contributed by atoms with Gasteiger partial charge in [0.2, 0.25) is 0 Å². The summed E-state index contributed by atoms with van der Waals surface area (Å²) in [7, 11) is 2.95. The molecule has 238 valence electrons. The zero-order chi connectivity index (χ0) is 31.9. The molecular weight excluding hydrogens is 624 g/mol. The Labute approximate surface area is 268 Å². The van der Waals surface area contributed by atoms with Crippen LogP contribution in [0, 0.1) is 0 Å². The van der Waals surface area contributed by atoms with E-state index in [1.807, 2.05) is 61.2 Å². The first-order valence-electron chi connectivity index (χ1n) is 14.6. The van der Waals surface area contributed by atoms with Crippen LogP contribution >= 0.6 is 23.3 Å². The number of nitrogens with zero attached hydrogens (tertiary/aromatic N) is 4. The average Bonchev–Trinajstić information content (AvgIpc) is 3.65. The topological polar surface area (TPSA) is 71.9 Å². The van der Waals surface area contributed by atoms with E-state index in [1.54, 1.807) is 13.2 Å². The van der Waals surface area contributed by atoms with E-state index in [2.05, 4.69) is 20.8 Å². The van der Waals surface area contributed by atoms with Gasteiger partial charge in [0, 0.05) is 68.6 Å². The lowest BCUT2D eigenvalue weighted by Gasteiger charge is -2.38. The van der Waals surface area contributed by atoms with Gasteiger partial charge < -0.3 is 19.3 Å². The molecule has 1 unspecified atom stereocenters. The number of carbonyl (C=O) groups is 1. The summed E-state index contributed by atoms with van der Waals surface area (Å²) in [5.41, 5.74) is 1.65. The van der Waals surface area contributed by atoms with E-state index in [0.29, 0.717) is 30.0 Å². The number of fused-ring (bicyclic) bond motifs is 1. The number of benzene rings is 2. The van der Waals surface area contributed by atoms with Crippen LogP contribution in [0.15, 0.2) is 64.9 Å². The second-order valence-corrected chi connectivity index (χ2v) is 13.9. The number of hydrogen-bond acceptors (Lipinski definition) is 8. The minimum Gasteiger partial charge on any atom is -0.497 e. The van der Waals surface area contributed by atoms with E-state index in [1.165, 1.54) is 30.3 Å². The Balaban J connectivity index is 1.14. The normalized spacial score (nSPS) is 18.0. The second kappa shape index (κ2) is 12.3. The lowest BCUT2D eigenvalue weighted by Crippen LogP contribution is -2.48. The predicted octanol–water partition coefficient (Wildman–Crippen LogP) is 7.04. The molecule has 0 aliphatic carbocycles. The maximum Gasteiger partial charge on any atom is 0.433 e. The molecule has 4 aromatic rings. The number of aryl methyl sites for hydroxylation is 1. The van der Waals surface area contributed by atoms with Gasteiger partial charge in [-0.25, -0.2) is 0 Å². The first-order chi connectivity index (χ1) is 21.4. The summed E-state index contributed by atoms with van der Waals surface area (Å²) in [6, 6.07) is 18.2. The Morgan fingerprint density at radius 1 is 1.09 bits per heavy atom. The number of hydrogen-bond donors (Lipinski definition) is 1. The maximum absolute atomic E-state index is 13.6. The Morgan fingerprint density at radius 3 is 2.58 bits per heavy atom. The van der Waals surface area contributed by atoms with E-state index in [0.717, 1.165) is 50.8 Å². The molecular formula is C32H34F3N5O3S2. The summed E-state index contributed by atoms with van der Waals surface area (Å²) in [4.78, 5) is 18.4. The second-order valence-electron chi connectivity index (χ2n) is 11.7. The van der Waals surface area contributed by atoms with Gasteiger partial charge in [-0.3, -0.25) is 14.2 Å². The number of halogens is 3. The number of amides is 1. The predicted molar refractivity (Wildman–Crippen MR) is 170 cm³/mol. The Bertz CT molecular complexity index is 1700. The highest BCUT2D eigenvalue weighted by atomic mass is 32.2. The van der Waals surface area contributed by atoms with Crippen molar-refractivity contribution >= 4 is 34.9 Å². The molecule has 2 aliphatic rings. The zero-order valence-corrected chi connectivity index (χ0v) is 27.0. The van der Waals surface area contributed by atoms with Crippen molar-refractivity contribution in [2.75, 3.05) is 38.2 Å². The minimum atomic E-state index is -4.47. The van der Waals surface area contributed by atoms with Crippen LogP contribution in [0.4, 0.5) is 18.9 Å². The molecule has 2 aromatic heterocycles. The smallest absolute Gasteiger partial charge is 0.433 e. The molecule has 0 bridgehead atoms. The Morgan fingerprint density at radius 2 is 1.87 bits per heavy atom. The molecule has 2 aliphatic heterocycles. The number of aromatic nitrogens is 2. The third-order valence-corrected chi connectivity index (χ3v) is 10.1. The molecule has 4 heterocycles. The number of alkyl halides is 3. The van der Waals surface area contributed by atoms with E-state index >= 15 is 0 Å². The van der Waals surface area contributed by atoms with Crippen LogP contribution in [0.1, 0.15) is 47.9 Å². The van der Waals surface area contributed by atoms with Crippen molar-refractivity contribution in [1.82, 2.24) is 19.4 Å². The molecule has 45 heavy (non-hydrogen) atoms. The fraction of sp³-hybridized carbons (Fsp3) is 0.375. The van der Waals surface area contributed by atoms with Gasteiger partial charge in [0.05, 0.1) is 16.2 Å². The average molecular weight is 658 g/mol. The molecule has 1 N–H and O–H groups in total. The van der Waals surface area contributed by atoms with Gasteiger partial charge in [-0.1, -0.05) is 6.07 Å². The highest BCUT2D eigenvalue weighted by Crippen LogP contribution is 2.43. The number of ether oxygens (including phenoxy) is 2. The van der Waals surface area contributed by atoms with Crippen molar-refractivity contribution in [1.29, 1.82) is 0 Å².